The van der Waals surface area contributed by atoms with Gasteiger partial charge in [0, 0.05) is 25.2 Å². The maximum absolute atomic E-state index is 4.30. The van der Waals surface area contributed by atoms with Crippen molar-refractivity contribution in [3.8, 4) is 0 Å². The summed E-state index contributed by atoms with van der Waals surface area (Å²) in [5.74, 6) is 2.56. The third-order valence-corrected chi connectivity index (χ3v) is 3.44. The lowest BCUT2D eigenvalue weighted by Crippen LogP contribution is -2.29. The Hall–Kier alpha value is 0.270. The van der Waals surface area contributed by atoms with Gasteiger partial charge in [-0.2, -0.15) is 12.6 Å². The van der Waals surface area contributed by atoms with E-state index in [4.69, 9.17) is 0 Å². The zero-order chi connectivity index (χ0) is 7.84. The van der Waals surface area contributed by atoms with Gasteiger partial charge in [0.2, 0.25) is 0 Å². The molecule has 1 aliphatic carbocycles. The fourth-order valence-electron chi connectivity index (χ4n) is 1.90. The standard InChI is InChI=1S/C8H16N2S/c1-5-7-8(5)10-3-6(4-11)2-9-7/h5-11H,2-4H2,1H3. The zero-order valence-corrected chi connectivity index (χ0v) is 7.77. The highest BCUT2D eigenvalue weighted by Gasteiger charge is 2.47. The highest BCUT2D eigenvalue weighted by atomic mass is 32.1. The molecule has 2 atom stereocenters. The Labute approximate surface area is 73.5 Å². The Bertz CT molecular complexity index is 133. The van der Waals surface area contributed by atoms with Crippen LogP contribution in [0.1, 0.15) is 6.92 Å². The maximum Gasteiger partial charge on any atom is 0.0265 e. The largest absolute Gasteiger partial charge is 0.312 e. The zero-order valence-electron chi connectivity index (χ0n) is 6.88. The SMILES string of the molecule is CC1C2NCC(CS)CNC12. The van der Waals surface area contributed by atoms with E-state index >= 15 is 0 Å². The van der Waals surface area contributed by atoms with E-state index in [1.807, 2.05) is 0 Å². The number of hydrogen-bond acceptors (Lipinski definition) is 3. The van der Waals surface area contributed by atoms with Gasteiger partial charge < -0.3 is 10.6 Å². The smallest absolute Gasteiger partial charge is 0.0265 e. The van der Waals surface area contributed by atoms with Crippen LogP contribution in [0.3, 0.4) is 0 Å². The van der Waals surface area contributed by atoms with Crippen molar-refractivity contribution in [3.05, 3.63) is 0 Å². The van der Waals surface area contributed by atoms with Crippen molar-refractivity contribution in [2.75, 3.05) is 18.8 Å². The van der Waals surface area contributed by atoms with E-state index in [9.17, 15) is 0 Å². The van der Waals surface area contributed by atoms with Crippen LogP contribution in [0.15, 0.2) is 0 Å². The second-order valence-corrected chi connectivity index (χ2v) is 4.14. The van der Waals surface area contributed by atoms with E-state index in [1.54, 1.807) is 0 Å². The molecule has 0 amide bonds. The van der Waals surface area contributed by atoms with Crippen molar-refractivity contribution >= 4 is 12.6 Å². The number of fused-ring (bicyclic) bond motifs is 1. The molecule has 2 nitrogen and oxygen atoms in total. The first-order valence-electron chi connectivity index (χ1n) is 4.40. The van der Waals surface area contributed by atoms with E-state index in [1.165, 1.54) is 0 Å². The highest BCUT2D eigenvalue weighted by Crippen LogP contribution is 2.32. The molecule has 3 heteroatoms. The topological polar surface area (TPSA) is 24.1 Å². The molecule has 11 heavy (non-hydrogen) atoms. The predicted octanol–water partition coefficient (Wildman–Crippen LogP) is 0.112. The molecule has 0 radical (unpaired) electrons. The predicted molar refractivity (Wildman–Crippen MR) is 50.1 cm³/mol. The van der Waals surface area contributed by atoms with Gasteiger partial charge in [-0.15, -0.1) is 0 Å². The lowest BCUT2D eigenvalue weighted by Gasteiger charge is -2.12. The molecule has 2 aliphatic rings. The normalized spacial score (nSPS) is 49.6. The van der Waals surface area contributed by atoms with Crippen molar-refractivity contribution in [2.45, 2.75) is 19.0 Å². The molecule has 0 aromatic carbocycles. The molecular weight excluding hydrogens is 156 g/mol. The van der Waals surface area contributed by atoms with E-state index < -0.39 is 0 Å². The van der Waals surface area contributed by atoms with Gasteiger partial charge >= 0.3 is 0 Å². The molecular formula is C8H16N2S. The molecule has 1 heterocycles. The summed E-state index contributed by atoms with van der Waals surface area (Å²) in [6.07, 6.45) is 0. The maximum atomic E-state index is 4.30. The molecule has 2 unspecified atom stereocenters. The van der Waals surface area contributed by atoms with Gasteiger partial charge in [0.1, 0.15) is 0 Å². The van der Waals surface area contributed by atoms with Crippen molar-refractivity contribution < 1.29 is 0 Å². The molecule has 64 valence electrons. The van der Waals surface area contributed by atoms with Crippen LogP contribution in [0.4, 0.5) is 0 Å². The first kappa shape index (κ1) is 7.90. The van der Waals surface area contributed by atoms with Crippen LogP contribution in [0.2, 0.25) is 0 Å². The molecule has 2 rings (SSSR count). The Balaban J connectivity index is 1.86. The van der Waals surface area contributed by atoms with E-state index in [0.717, 1.165) is 42.8 Å². The van der Waals surface area contributed by atoms with Crippen molar-refractivity contribution in [1.82, 2.24) is 10.6 Å². The number of nitrogens with one attached hydrogen (secondary N) is 2. The summed E-state index contributed by atoms with van der Waals surface area (Å²) in [6.45, 7) is 4.58. The number of rotatable bonds is 1. The molecule has 1 saturated carbocycles. The minimum Gasteiger partial charge on any atom is -0.312 e. The van der Waals surface area contributed by atoms with Crippen LogP contribution in [0.5, 0.6) is 0 Å². The molecule has 1 aliphatic heterocycles. The van der Waals surface area contributed by atoms with Crippen LogP contribution in [-0.2, 0) is 0 Å². The van der Waals surface area contributed by atoms with Gasteiger partial charge in [-0.3, -0.25) is 0 Å². The number of thiol groups is 1. The minimum absolute atomic E-state index is 0.721. The lowest BCUT2D eigenvalue weighted by atomic mass is 10.2. The Morgan fingerprint density at radius 3 is 2.27 bits per heavy atom. The van der Waals surface area contributed by atoms with Gasteiger partial charge in [0.15, 0.2) is 0 Å². The van der Waals surface area contributed by atoms with Crippen molar-refractivity contribution in [3.63, 3.8) is 0 Å². The Kier molecular flexibility index (Phi) is 2.12. The van der Waals surface area contributed by atoms with Gasteiger partial charge in [-0.1, -0.05) is 6.92 Å². The summed E-state index contributed by atoms with van der Waals surface area (Å²) in [6, 6.07) is 1.50. The van der Waals surface area contributed by atoms with Crippen LogP contribution in [-0.4, -0.2) is 30.9 Å². The summed E-state index contributed by atoms with van der Waals surface area (Å²) >= 11 is 4.30. The Morgan fingerprint density at radius 1 is 1.27 bits per heavy atom. The van der Waals surface area contributed by atoms with Crippen LogP contribution >= 0.6 is 12.6 Å². The summed E-state index contributed by atoms with van der Waals surface area (Å²) in [4.78, 5) is 0. The second-order valence-electron chi connectivity index (χ2n) is 3.78. The molecule has 1 saturated heterocycles. The number of hydrogen-bond donors (Lipinski definition) is 3. The minimum atomic E-state index is 0.721. The third-order valence-electron chi connectivity index (χ3n) is 2.92. The first-order chi connectivity index (χ1) is 5.33. The van der Waals surface area contributed by atoms with Gasteiger partial charge in [-0.25, -0.2) is 0 Å². The fraction of sp³-hybridized carbons (Fsp3) is 1.00. The van der Waals surface area contributed by atoms with Gasteiger partial charge in [-0.05, 0) is 17.6 Å². The van der Waals surface area contributed by atoms with Crippen LogP contribution in [0, 0.1) is 11.8 Å². The molecule has 0 aromatic heterocycles. The average Bonchev–Trinajstić information content (AvgIpc) is 2.68. The molecule has 0 spiro atoms. The summed E-state index contributed by atoms with van der Waals surface area (Å²) in [5.41, 5.74) is 0. The highest BCUT2D eigenvalue weighted by molar-refractivity contribution is 7.80. The quantitative estimate of drug-likeness (QED) is 0.489. The molecule has 0 bridgehead atoms. The van der Waals surface area contributed by atoms with E-state index in [2.05, 4.69) is 30.2 Å². The monoisotopic (exact) mass is 172 g/mol. The first-order valence-corrected chi connectivity index (χ1v) is 5.04. The fourth-order valence-corrected chi connectivity index (χ4v) is 2.15. The second kappa shape index (κ2) is 2.96. The lowest BCUT2D eigenvalue weighted by molar-refractivity contribution is 0.500. The molecule has 2 fully saturated rings. The van der Waals surface area contributed by atoms with Crippen LogP contribution < -0.4 is 10.6 Å². The average molecular weight is 172 g/mol. The van der Waals surface area contributed by atoms with E-state index in [-0.39, 0.29) is 0 Å². The third kappa shape index (κ3) is 1.42. The molecule has 2 N–H and O–H groups in total. The van der Waals surface area contributed by atoms with Gasteiger partial charge in [0.05, 0.1) is 0 Å². The van der Waals surface area contributed by atoms with Crippen molar-refractivity contribution in [2.24, 2.45) is 11.8 Å². The summed E-state index contributed by atoms with van der Waals surface area (Å²) in [7, 11) is 0. The molecule has 0 aromatic rings. The Morgan fingerprint density at radius 2 is 1.82 bits per heavy atom. The van der Waals surface area contributed by atoms with Crippen molar-refractivity contribution in [1.29, 1.82) is 0 Å². The van der Waals surface area contributed by atoms with E-state index in [0.29, 0.717) is 0 Å². The summed E-state index contributed by atoms with van der Waals surface area (Å²) in [5, 5.41) is 7.12. The summed E-state index contributed by atoms with van der Waals surface area (Å²) < 4.78 is 0. The van der Waals surface area contributed by atoms with Gasteiger partial charge in [0.25, 0.3) is 0 Å². The van der Waals surface area contributed by atoms with Crippen LogP contribution in [0.25, 0.3) is 0 Å².